The van der Waals surface area contributed by atoms with Gasteiger partial charge in [-0.2, -0.15) is 0 Å². The summed E-state index contributed by atoms with van der Waals surface area (Å²) in [7, 11) is 2.02. The van der Waals surface area contributed by atoms with Crippen LogP contribution in [0.4, 0.5) is 0 Å². The van der Waals surface area contributed by atoms with Crippen molar-refractivity contribution >= 4 is 0 Å². The van der Waals surface area contributed by atoms with Crippen LogP contribution in [0.2, 0.25) is 0 Å². The van der Waals surface area contributed by atoms with E-state index in [2.05, 4.69) is 11.4 Å². The van der Waals surface area contributed by atoms with Gasteiger partial charge >= 0.3 is 0 Å². The Labute approximate surface area is 92.1 Å². The predicted molar refractivity (Wildman–Crippen MR) is 61.7 cm³/mol. The summed E-state index contributed by atoms with van der Waals surface area (Å²) in [5, 5.41) is 3.36. The van der Waals surface area contributed by atoms with Crippen LogP contribution >= 0.6 is 0 Å². The number of hydrogen-bond donors (Lipinski definition) is 1. The summed E-state index contributed by atoms with van der Waals surface area (Å²) < 4.78 is 5.47. The molecular formula is C13H21NO. The molecule has 2 heteroatoms. The first-order valence-electron chi connectivity index (χ1n) is 6.11. The lowest BCUT2D eigenvalue weighted by Gasteiger charge is -2.25. The molecule has 0 radical (unpaired) electrons. The van der Waals surface area contributed by atoms with Crippen molar-refractivity contribution in [1.29, 1.82) is 0 Å². The van der Waals surface area contributed by atoms with E-state index in [1.807, 2.05) is 13.1 Å². The monoisotopic (exact) mass is 207 g/mol. The summed E-state index contributed by atoms with van der Waals surface area (Å²) in [5.41, 5.74) is 0. The number of hydrogen-bond acceptors (Lipinski definition) is 2. The van der Waals surface area contributed by atoms with Gasteiger partial charge in [-0.25, -0.2) is 0 Å². The minimum absolute atomic E-state index is 0.406. The van der Waals surface area contributed by atoms with Gasteiger partial charge in [0.05, 0.1) is 12.3 Å². The zero-order valence-electron chi connectivity index (χ0n) is 9.54. The van der Waals surface area contributed by atoms with Gasteiger partial charge in [0.15, 0.2) is 0 Å². The summed E-state index contributed by atoms with van der Waals surface area (Å²) in [6, 6.07) is 4.45. The Morgan fingerprint density at radius 2 is 2.20 bits per heavy atom. The molecule has 15 heavy (non-hydrogen) atoms. The van der Waals surface area contributed by atoms with Crippen molar-refractivity contribution in [3.05, 3.63) is 24.2 Å². The molecule has 1 aliphatic rings. The maximum Gasteiger partial charge on any atom is 0.120 e. The first-order valence-corrected chi connectivity index (χ1v) is 6.11. The molecule has 1 saturated carbocycles. The maximum atomic E-state index is 5.47. The number of furan rings is 1. The van der Waals surface area contributed by atoms with Gasteiger partial charge < -0.3 is 9.73 Å². The highest BCUT2D eigenvalue weighted by molar-refractivity contribution is 5.04. The van der Waals surface area contributed by atoms with Gasteiger partial charge in [0.25, 0.3) is 0 Å². The second-order valence-corrected chi connectivity index (χ2v) is 4.60. The van der Waals surface area contributed by atoms with Crippen molar-refractivity contribution in [3.8, 4) is 0 Å². The quantitative estimate of drug-likeness (QED) is 0.817. The van der Waals surface area contributed by atoms with E-state index >= 15 is 0 Å². The fourth-order valence-corrected chi connectivity index (χ4v) is 2.62. The molecular weight excluding hydrogens is 186 g/mol. The Hall–Kier alpha value is -0.760. The van der Waals surface area contributed by atoms with E-state index in [0.717, 1.165) is 11.7 Å². The molecule has 1 aromatic rings. The molecule has 0 aliphatic heterocycles. The molecule has 1 atom stereocenters. The van der Waals surface area contributed by atoms with Gasteiger partial charge in [-0.05, 0) is 31.5 Å². The summed E-state index contributed by atoms with van der Waals surface area (Å²) in [4.78, 5) is 0. The average Bonchev–Trinajstić information content (AvgIpc) is 2.81. The molecule has 0 saturated heterocycles. The van der Waals surface area contributed by atoms with E-state index in [9.17, 15) is 0 Å². The van der Waals surface area contributed by atoms with Crippen LogP contribution in [0.5, 0.6) is 0 Å². The molecule has 1 aromatic heterocycles. The molecule has 0 amide bonds. The Bertz CT molecular complexity index is 262. The van der Waals surface area contributed by atoms with E-state index in [4.69, 9.17) is 4.42 Å². The van der Waals surface area contributed by atoms with Gasteiger partial charge in [0.1, 0.15) is 5.76 Å². The molecule has 1 fully saturated rings. The smallest absolute Gasteiger partial charge is 0.120 e. The van der Waals surface area contributed by atoms with E-state index in [-0.39, 0.29) is 0 Å². The largest absolute Gasteiger partial charge is 0.468 e. The van der Waals surface area contributed by atoms with Gasteiger partial charge in [-0.1, -0.05) is 32.1 Å². The highest BCUT2D eigenvalue weighted by Crippen LogP contribution is 2.31. The normalized spacial score (nSPS) is 20.3. The second-order valence-electron chi connectivity index (χ2n) is 4.60. The second kappa shape index (κ2) is 5.36. The van der Waals surface area contributed by atoms with E-state index in [0.29, 0.717) is 6.04 Å². The molecule has 0 aromatic carbocycles. The fourth-order valence-electron chi connectivity index (χ4n) is 2.62. The van der Waals surface area contributed by atoms with Crippen molar-refractivity contribution in [1.82, 2.24) is 5.32 Å². The summed E-state index contributed by atoms with van der Waals surface area (Å²) in [5.74, 6) is 1.98. The van der Waals surface area contributed by atoms with Gasteiger partial charge in [0.2, 0.25) is 0 Å². The van der Waals surface area contributed by atoms with Crippen molar-refractivity contribution in [2.24, 2.45) is 5.92 Å². The zero-order chi connectivity index (χ0) is 10.5. The van der Waals surface area contributed by atoms with E-state index in [1.165, 1.54) is 38.5 Å². The molecule has 1 heterocycles. The molecule has 2 nitrogen and oxygen atoms in total. The average molecular weight is 207 g/mol. The topological polar surface area (TPSA) is 25.2 Å². The number of nitrogens with one attached hydrogen (secondary N) is 1. The van der Waals surface area contributed by atoms with Crippen LogP contribution in [-0.2, 0) is 0 Å². The summed E-state index contributed by atoms with van der Waals surface area (Å²) >= 11 is 0. The van der Waals surface area contributed by atoms with Crippen LogP contribution in [0, 0.1) is 5.92 Å². The summed E-state index contributed by atoms with van der Waals surface area (Å²) in [6.45, 7) is 0. The Balaban J connectivity index is 1.90. The lowest BCUT2D eigenvalue weighted by atomic mass is 9.84. The molecule has 1 aliphatic carbocycles. The third-order valence-corrected chi connectivity index (χ3v) is 3.53. The lowest BCUT2D eigenvalue weighted by Crippen LogP contribution is -2.20. The first kappa shape index (κ1) is 10.7. The maximum absolute atomic E-state index is 5.47. The first-order chi connectivity index (χ1) is 7.40. The van der Waals surface area contributed by atoms with E-state index < -0.39 is 0 Å². The van der Waals surface area contributed by atoms with Crippen molar-refractivity contribution in [2.75, 3.05) is 7.05 Å². The Morgan fingerprint density at radius 1 is 1.40 bits per heavy atom. The third-order valence-electron chi connectivity index (χ3n) is 3.53. The zero-order valence-corrected chi connectivity index (χ0v) is 9.54. The van der Waals surface area contributed by atoms with Crippen LogP contribution < -0.4 is 5.32 Å². The van der Waals surface area contributed by atoms with E-state index in [1.54, 1.807) is 6.26 Å². The SMILES string of the molecule is CNC(CC1CCCCC1)c1ccco1. The highest BCUT2D eigenvalue weighted by Gasteiger charge is 2.20. The molecule has 1 N–H and O–H groups in total. The van der Waals surface area contributed by atoms with Crippen LogP contribution in [0.15, 0.2) is 22.8 Å². The van der Waals surface area contributed by atoms with Gasteiger partial charge in [-0.3, -0.25) is 0 Å². The Morgan fingerprint density at radius 3 is 2.80 bits per heavy atom. The van der Waals surface area contributed by atoms with Crippen molar-refractivity contribution in [2.45, 2.75) is 44.6 Å². The minimum atomic E-state index is 0.406. The standard InChI is InChI=1S/C13H21NO/c1-14-12(13-8-5-9-15-13)10-11-6-3-2-4-7-11/h5,8-9,11-12,14H,2-4,6-7,10H2,1H3. The van der Waals surface area contributed by atoms with Crippen molar-refractivity contribution in [3.63, 3.8) is 0 Å². The van der Waals surface area contributed by atoms with Crippen LogP contribution in [0.1, 0.15) is 50.3 Å². The van der Waals surface area contributed by atoms with Crippen LogP contribution in [-0.4, -0.2) is 7.05 Å². The highest BCUT2D eigenvalue weighted by atomic mass is 16.3. The molecule has 0 bridgehead atoms. The van der Waals surface area contributed by atoms with Gasteiger partial charge in [-0.15, -0.1) is 0 Å². The third kappa shape index (κ3) is 2.85. The Kier molecular flexibility index (Phi) is 3.84. The minimum Gasteiger partial charge on any atom is -0.468 e. The lowest BCUT2D eigenvalue weighted by molar-refractivity contribution is 0.287. The van der Waals surface area contributed by atoms with Gasteiger partial charge in [0, 0.05) is 0 Å². The van der Waals surface area contributed by atoms with Crippen LogP contribution in [0.3, 0.4) is 0 Å². The predicted octanol–water partition coefficient (Wildman–Crippen LogP) is 3.51. The summed E-state index contributed by atoms with van der Waals surface area (Å²) in [6.07, 6.45) is 10.1. The van der Waals surface area contributed by atoms with Crippen LogP contribution in [0.25, 0.3) is 0 Å². The molecule has 2 rings (SSSR count). The number of rotatable bonds is 4. The molecule has 84 valence electrons. The molecule has 1 unspecified atom stereocenters. The molecule has 0 spiro atoms. The van der Waals surface area contributed by atoms with Crippen molar-refractivity contribution < 1.29 is 4.42 Å². The fraction of sp³-hybridized carbons (Fsp3) is 0.692.